The Kier molecular flexibility index (Phi) is 18.2. The molecule has 0 saturated carbocycles. The van der Waals surface area contributed by atoms with E-state index in [1.54, 1.807) is 41.2 Å². The Bertz CT molecular complexity index is 1630. The summed E-state index contributed by atoms with van der Waals surface area (Å²) in [6.07, 6.45) is 9.74. The van der Waals surface area contributed by atoms with E-state index in [0.717, 1.165) is 17.2 Å². The van der Waals surface area contributed by atoms with E-state index in [4.69, 9.17) is 35.3 Å². The fraction of sp³-hybridized carbons (Fsp3) is 0.561. The zero-order valence-corrected chi connectivity index (χ0v) is 34.1. The molecule has 7 atom stereocenters. The van der Waals surface area contributed by atoms with Crippen LogP contribution in [0.1, 0.15) is 71.3 Å². The fourth-order valence-electron chi connectivity index (χ4n) is 6.50. The second kappa shape index (κ2) is 22.3. The smallest absolute Gasteiger partial charge is 0.407 e. The number of likely N-dealkylation sites (N-methyl/N-ethyl adjacent to an activating group) is 2. The molecular formula is C41H56ClN3O11. The number of allylic oxidation sites excluding steroid dienone is 4. The third kappa shape index (κ3) is 13.6. The van der Waals surface area contributed by atoms with Gasteiger partial charge in [0, 0.05) is 59.5 Å². The van der Waals surface area contributed by atoms with E-state index in [9.17, 15) is 28.8 Å². The number of hydrogen-bond donors (Lipinski definition) is 1. The molecule has 2 aliphatic rings. The van der Waals surface area contributed by atoms with Crippen LogP contribution in [0.4, 0.5) is 4.79 Å². The highest BCUT2D eigenvalue weighted by molar-refractivity contribution is 6.32. The Balaban J connectivity index is 1.51. The number of ether oxygens (including phenoxy) is 5. The first-order valence-electron chi connectivity index (χ1n) is 18.8. The molecule has 2 aliphatic heterocycles. The first kappa shape index (κ1) is 45.9. The lowest BCUT2D eigenvalue weighted by molar-refractivity contribution is -0.161. The molecule has 2 fully saturated rings. The molecule has 3 rings (SSSR count). The molecule has 1 N–H and O–H groups in total. The van der Waals surface area contributed by atoms with Crippen LogP contribution in [0.3, 0.4) is 0 Å². The van der Waals surface area contributed by atoms with E-state index in [2.05, 4.69) is 5.32 Å². The third-order valence-corrected chi connectivity index (χ3v) is 10.5. The molecule has 1 aromatic carbocycles. The Labute approximate surface area is 334 Å². The summed E-state index contributed by atoms with van der Waals surface area (Å²) < 4.78 is 28.4. The largest absolute Gasteiger partial charge is 0.495 e. The van der Waals surface area contributed by atoms with Crippen molar-refractivity contribution in [2.75, 3.05) is 34.9 Å². The lowest BCUT2D eigenvalue weighted by Crippen LogP contribution is -2.51. The number of alkyl carbamates (subject to hydrolysis) is 1. The van der Waals surface area contributed by atoms with Gasteiger partial charge < -0.3 is 43.6 Å². The van der Waals surface area contributed by atoms with E-state index in [1.165, 1.54) is 22.9 Å². The minimum absolute atomic E-state index is 0.116. The Morgan fingerprint density at radius 1 is 1.12 bits per heavy atom. The average Bonchev–Trinajstić information content (AvgIpc) is 3.83. The van der Waals surface area contributed by atoms with Gasteiger partial charge in [0.1, 0.15) is 42.2 Å². The number of rotatable bonds is 23. The molecule has 308 valence electrons. The highest BCUT2D eigenvalue weighted by Crippen LogP contribution is 2.45. The number of nitrogens with one attached hydrogen (secondary N) is 1. The second-order valence-electron chi connectivity index (χ2n) is 14.4. The molecule has 0 bridgehead atoms. The molecule has 5 unspecified atom stereocenters. The molecular weight excluding hydrogens is 746 g/mol. The number of epoxide rings is 1. The quantitative estimate of drug-likeness (QED) is 0.0397. The predicted octanol–water partition coefficient (Wildman–Crippen LogP) is 4.94. The van der Waals surface area contributed by atoms with Gasteiger partial charge >= 0.3 is 12.1 Å². The number of unbranched alkanes of at least 4 members (excludes halogenated alkanes) is 2. The van der Waals surface area contributed by atoms with Gasteiger partial charge in [-0.25, -0.2) is 9.59 Å². The number of hydrogen-bond acceptors (Lipinski definition) is 11. The number of amides is 3. The Morgan fingerprint density at radius 2 is 1.88 bits per heavy atom. The van der Waals surface area contributed by atoms with Crippen LogP contribution in [0.15, 0.2) is 54.2 Å². The summed E-state index contributed by atoms with van der Waals surface area (Å²) in [4.78, 5) is 75.5. The van der Waals surface area contributed by atoms with E-state index in [0.29, 0.717) is 68.4 Å². The first-order valence-corrected chi connectivity index (χ1v) is 19.2. The van der Waals surface area contributed by atoms with E-state index >= 15 is 0 Å². The molecule has 2 heterocycles. The van der Waals surface area contributed by atoms with Crippen LogP contribution in [0.2, 0.25) is 5.02 Å². The number of carbonyl (C=O) groups is 6. The fourth-order valence-corrected chi connectivity index (χ4v) is 6.70. The number of carbonyl (C=O) groups excluding carboxylic acids is 6. The minimum atomic E-state index is -1.000. The molecule has 14 nitrogen and oxygen atoms in total. The molecule has 56 heavy (non-hydrogen) atoms. The van der Waals surface area contributed by atoms with Gasteiger partial charge in [-0.1, -0.05) is 47.9 Å². The number of halogens is 1. The molecule has 2 saturated heterocycles. The van der Waals surface area contributed by atoms with E-state index in [-0.39, 0.29) is 30.7 Å². The number of nitrogens with zero attached hydrogens (tertiary/aromatic N) is 2. The van der Waals surface area contributed by atoms with Crippen molar-refractivity contribution in [3.63, 3.8) is 0 Å². The monoisotopic (exact) mass is 801 g/mol. The summed E-state index contributed by atoms with van der Waals surface area (Å²) in [6.45, 7) is 5.79. The average molecular weight is 802 g/mol. The van der Waals surface area contributed by atoms with Gasteiger partial charge in [-0.15, -0.1) is 0 Å². The molecule has 15 heteroatoms. The number of methoxy groups -OCH3 is 2. The second-order valence-corrected chi connectivity index (χ2v) is 14.8. The summed E-state index contributed by atoms with van der Waals surface area (Å²) in [5.41, 5.74) is 1.14. The van der Waals surface area contributed by atoms with Crippen molar-refractivity contribution < 1.29 is 52.5 Å². The van der Waals surface area contributed by atoms with Crippen LogP contribution in [-0.4, -0.2) is 123 Å². The molecule has 0 aromatic heterocycles. The van der Waals surface area contributed by atoms with Gasteiger partial charge in [0.25, 0.3) is 0 Å². The summed E-state index contributed by atoms with van der Waals surface area (Å²) in [7, 11) is 6.30. The van der Waals surface area contributed by atoms with Crippen LogP contribution in [-0.2, 0) is 49.3 Å². The molecule has 0 aliphatic carbocycles. The highest BCUT2D eigenvalue weighted by Gasteiger charge is 2.60. The van der Waals surface area contributed by atoms with Crippen molar-refractivity contribution in [2.45, 2.75) is 114 Å². The first-order chi connectivity index (χ1) is 26.7. The van der Waals surface area contributed by atoms with Crippen molar-refractivity contribution in [3.05, 3.63) is 64.7 Å². The maximum absolute atomic E-state index is 13.2. The van der Waals surface area contributed by atoms with Crippen LogP contribution in [0.25, 0.3) is 0 Å². The van der Waals surface area contributed by atoms with Crippen LogP contribution >= 0.6 is 11.6 Å². The van der Waals surface area contributed by atoms with E-state index in [1.807, 2.05) is 37.3 Å². The lowest BCUT2D eigenvalue weighted by Gasteiger charge is -2.33. The SMILES string of the molecule is COc1cc(C/C(C)=C/C=C/[C@@H](OC)C2CC(CC3OC3(C)[C@H](CC=O)OC(=O)C(C)N(C)C(=O)CCCCCN(C)C(=O)/C=C\C=O)OC(=O)N2)ccc1Cl. The Hall–Kier alpha value is -4.53. The number of aldehydes is 2. The van der Waals surface area contributed by atoms with Crippen LogP contribution in [0.5, 0.6) is 5.75 Å². The van der Waals surface area contributed by atoms with Crippen molar-refractivity contribution in [3.8, 4) is 5.75 Å². The van der Waals surface area contributed by atoms with Gasteiger partial charge in [0.2, 0.25) is 11.8 Å². The van der Waals surface area contributed by atoms with Gasteiger partial charge in [0.05, 0.1) is 30.4 Å². The van der Waals surface area contributed by atoms with E-state index < -0.39 is 48.1 Å². The third-order valence-electron chi connectivity index (χ3n) is 10.2. The molecule has 1 aromatic rings. The summed E-state index contributed by atoms with van der Waals surface area (Å²) in [6, 6.07) is 4.35. The van der Waals surface area contributed by atoms with Crippen molar-refractivity contribution in [1.29, 1.82) is 0 Å². The molecule has 3 amide bonds. The maximum Gasteiger partial charge on any atom is 0.407 e. The lowest BCUT2D eigenvalue weighted by atomic mass is 9.92. The van der Waals surface area contributed by atoms with Gasteiger partial charge in [-0.3, -0.25) is 14.4 Å². The predicted molar refractivity (Wildman–Crippen MR) is 209 cm³/mol. The standard InChI is InChI=1S/C41H56ClN3O11/c1-27(23-29-17-18-31(42)34(24-29)53-7)13-11-14-33(52-6)32-25-30(54-40(51)43-32)26-36-41(3,56-36)35(19-22-47)55-39(50)28(2)45(5)38(49)15-9-8-10-20-44(4)37(48)16-12-21-46/h11-14,16-18,21-22,24,28,30,32-33,35-36H,8-10,15,19-20,23,25-26H2,1-7H3,(H,43,51)/b14-11+,16-12-,27-13+/t28?,30?,32?,33-,35+,36?,41?/m1/s1. The summed E-state index contributed by atoms with van der Waals surface area (Å²) in [5.74, 6) is -0.583. The van der Waals surface area contributed by atoms with Gasteiger partial charge in [-0.05, 0) is 63.8 Å². The topological polar surface area (TPSA) is 170 Å². The Morgan fingerprint density at radius 3 is 2.55 bits per heavy atom. The minimum Gasteiger partial charge on any atom is -0.495 e. The van der Waals surface area contributed by atoms with Crippen molar-refractivity contribution in [1.82, 2.24) is 15.1 Å². The zero-order chi connectivity index (χ0) is 41.4. The summed E-state index contributed by atoms with van der Waals surface area (Å²) >= 11 is 6.15. The van der Waals surface area contributed by atoms with Crippen LogP contribution in [0, 0.1) is 0 Å². The van der Waals surface area contributed by atoms with Crippen LogP contribution < -0.4 is 10.1 Å². The van der Waals surface area contributed by atoms with Gasteiger partial charge in [0.15, 0.2) is 0 Å². The highest BCUT2D eigenvalue weighted by atomic mass is 35.5. The summed E-state index contributed by atoms with van der Waals surface area (Å²) in [5, 5.41) is 3.39. The zero-order valence-electron chi connectivity index (χ0n) is 33.4. The molecule has 0 spiro atoms. The number of esters is 1. The van der Waals surface area contributed by atoms with Crippen molar-refractivity contribution in [2.24, 2.45) is 0 Å². The van der Waals surface area contributed by atoms with Crippen molar-refractivity contribution >= 4 is 48.1 Å². The normalized spacial score (nSPS) is 22.4. The molecule has 0 radical (unpaired) electrons. The maximum atomic E-state index is 13.2. The number of benzene rings is 1. The number of cyclic esters (lactones) is 1. The van der Waals surface area contributed by atoms with Gasteiger partial charge in [-0.2, -0.15) is 0 Å².